The van der Waals surface area contributed by atoms with Crippen molar-refractivity contribution in [2.24, 2.45) is 0 Å². The van der Waals surface area contributed by atoms with E-state index in [0.29, 0.717) is 5.69 Å². The molecule has 0 spiro atoms. The average Bonchev–Trinajstić information content (AvgIpc) is 3.32. The van der Waals surface area contributed by atoms with E-state index in [0.717, 1.165) is 16.9 Å². The molecule has 0 saturated carbocycles. The highest BCUT2D eigenvalue weighted by atomic mass is 32.2. The van der Waals surface area contributed by atoms with E-state index < -0.39 is 5.25 Å². The van der Waals surface area contributed by atoms with E-state index >= 15 is 0 Å². The van der Waals surface area contributed by atoms with Crippen molar-refractivity contribution in [3.63, 3.8) is 0 Å². The molecule has 0 bridgehead atoms. The number of halogens is 1. The normalized spacial score (nSPS) is 12.7. The Morgan fingerprint density at radius 2 is 1.77 bits per heavy atom. The monoisotopic (exact) mass is 456 g/mol. The number of nitrogens with one attached hydrogen (secondary N) is 2. The highest BCUT2D eigenvalue weighted by molar-refractivity contribution is 8.01. The fraction of sp³-hybridized carbons (Fsp3) is 0.250. The maximum atomic E-state index is 13.0. The van der Waals surface area contributed by atoms with Crippen LogP contribution in [0.15, 0.2) is 66.0 Å². The second kappa shape index (κ2) is 11.1. The third-order valence-electron chi connectivity index (χ3n) is 4.80. The molecular weight excluding hydrogens is 431 g/mol. The Bertz CT molecular complexity index is 989. The van der Waals surface area contributed by atoms with Gasteiger partial charge >= 0.3 is 0 Å². The van der Waals surface area contributed by atoms with Gasteiger partial charge in [0.1, 0.15) is 5.82 Å². The van der Waals surface area contributed by atoms with Crippen molar-refractivity contribution >= 4 is 40.6 Å². The van der Waals surface area contributed by atoms with Gasteiger partial charge < -0.3 is 10.6 Å². The van der Waals surface area contributed by atoms with Crippen molar-refractivity contribution in [3.8, 4) is 0 Å². The predicted molar refractivity (Wildman–Crippen MR) is 127 cm³/mol. The maximum absolute atomic E-state index is 13.0. The Morgan fingerprint density at radius 3 is 2.39 bits per heavy atom. The molecule has 0 saturated heterocycles. The smallest absolute Gasteiger partial charge is 0.234 e. The van der Waals surface area contributed by atoms with E-state index in [1.165, 1.54) is 41.6 Å². The Hall–Kier alpha value is -2.64. The zero-order chi connectivity index (χ0) is 22.2. The molecule has 2 unspecified atom stereocenters. The first-order valence-electron chi connectivity index (χ1n) is 10.1. The molecule has 162 valence electrons. The van der Waals surface area contributed by atoms with Crippen LogP contribution in [0, 0.1) is 5.82 Å². The standard InChI is InChI=1S/C24H25FN2O2S2/c1-3-17-6-8-18(9-7-17)23(21-5-4-14-30-21)27-24(29)16(2)31-15-22(28)26-20-12-10-19(25)11-13-20/h4-14,16,23H,3,15H2,1-2H3,(H,26,28)(H,27,29). The van der Waals surface area contributed by atoms with Gasteiger partial charge in [-0.2, -0.15) is 0 Å². The fourth-order valence-corrected chi connectivity index (χ4v) is 4.48. The number of hydrogen-bond acceptors (Lipinski definition) is 4. The van der Waals surface area contributed by atoms with Gasteiger partial charge in [0.15, 0.2) is 0 Å². The zero-order valence-corrected chi connectivity index (χ0v) is 19.1. The van der Waals surface area contributed by atoms with Gasteiger partial charge in [-0.15, -0.1) is 23.1 Å². The van der Waals surface area contributed by atoms with E-state index in [4.69, 9.17) is 0 Å². The van der Waals surface area contributed by atoms with Gasteiger partial charge in [0.2, 0.25) is 11.8 Å². The number of amides is 2. The van der Waals surface area contributed by atoms with Crippen molar-refractivity contribution in [1.82, 2.24) is 5.32 Å². The van der Waals surface area contributed by atoms with Gasteiger partial charge in [0, 0.05) is 10.6 Å². The van der Waals surface area contributed by atoms with Crippen LogP contribution in [0.3, 0.4) is 0 Å². The minimum Gasteiger partial charge on any atom is -0.343 e. The number of thioether (sulfide) groups is 1. The molecule has 2 amide bonds. The summed E-state index contributed by atoms with van der Waals surface area (Å²) in [6, 6.07) is 17.6. The molecule has 0 aliphatic heterocycles. The molecule has 2 N–H and O–H groups in total. The second-order valence-electron chi connectivity index (χ2n) is 7.06. The molecule has 3 aromatic rings. The van der Waals surface area contributed by atoms with Crippen LogP contribution < -0.4 is 10.6 Å². The average molecular weight is 457 g/mol. The van der Waals surface area contributed by atoms with Crippen LogP contribution >= 0.6 is 23.1 Å². The Labute approximate surface area is 190 Å². The molecule has 0 fully saturated rings. The molecule has 2 aromatic carbocycles. The lowest BCUT2D eigenvalue weighted by molar-refractivity contribution is -0.120. The molecular formula is C24H25FN2O2S2. The minimum absolute atomic E-state index is 0.126. The summed E-state index contributed by atoms with van der Waals surface area (Å²) in [7, 11) is 0. The van der Waals surface area contributed by atoms with Gasteiger partial charge in [-0.05, 0) is 60.2 Å². The van der Waals surface area contributed by atoms with Gasteiger partial charge in [0.05, 0.1) is 17.0 Å². The Kier molecular flexibility index (Phi) is 8.26. The largest absolute Gasteiger partial charge is 0.343 e. The highest BCUT2D eigenvalue weighted by Crippen LogP contribution is 2.27. The van der Waals surface area contributed by atoms with Crippen LogP contribution in [0.4, 0.5) is 10.1 Å². The van der Waals surface area contributed by atoms with Crippen LogP contribution in [-0.2, 0) is 16.0 Å². The van der Waals surface area contributed by atoms with E-state index in [1.807, 2.05) is 17.5 Å². The van der Waals surface area contributed by atoms with Crippen molar-refractivity contribution in [3.05, 3.63) is 87.9 Å². The number of carbonyl (C=O) groups is 2. The zero-order valence-electron chi connectivity index (χ0n) is 17.4. The van der Waals surface area contributed by atoms with Gasteiger partial charge in [-0.3, -0.25) is 9.59 Å². The first-order chi connectivity index (χ1) is 15.0. The molecule has 1 heterocycles. The first kappa shape index (κ1) is 23.0. The SMILES string of the molecule is CCc1ccc(C(NC(=O)C(C)SCC(=O)Nc2ccc(F)cc2)c2cccs2)cc1. The Morgan fingerprint density at radius 1 is 1.06 bits per heavy atom. The lowest BCUT2D eigenvalue weighted by Gasteiger charge is -2.21. The van der Waals surface area contributed by atoms with E-state index in [9.17, 15) is 14.0 Å². The summed E-state index contributed by atoms with van der Waals surface area (Å²) in [5, 5.41) is 7.42. The van der Waals surface area contributed by atoms with Gasteiger partial charge in [-0.1, -0.05) is 37.3 Å². The number of carbonyl (C=O) groups excluding carboxylic acids is 2. The Balaban J connectivity index is 1.58. The minimum atomic E-state index is -0.406. The van der Waals surface area contributed by atoms with Crippen LogP contribution in [0.5, 0.6) is 0 Å². The second-order valence-corrected chi connectivity index (χ2v) is 9.37. The van der Waals surface area contributed by atoms with Crippen molar-refractivity contribution in [2.75, 3.05) is 11.1 Å². The van der Waals surface area contributed by atoms with Crippen LogP contribution in [0.1, 0.15) is 35.9 Å². The van der Waals surface area contributed by atoms with Gasteiger partial charge in [0.25, 0.3) is 0 Å². The molecule has 2 atom stereocenters. The molecule has 31 heavy (non-hydrogen) atoms. The third kappa shape index (κ3) is 6.67. The third-order valence-corrected chi connectivity index (χ3v) is 6.88. The molecule has 1 aromatic heterocycles. The summed E-state index contributed by atoms with van der Waals surface area (Å²) in [6.45, 7) is 3.90. The first-order valence-corrected chi connectivity index (χ1v) is 12.0. The number of anilines is 1. The lowest BCUT2D eigenvalue weighted by Crippen LogP contribution is -2.35. The highest BCUT2D eigenvalue weighted by Gasteiger charge is 2.22. The van der Waals surface area contributed by atoms with E-state index in [2.05, 4.69) is 41.8 Å². The predicted octanol–water partition coefficient (Wildman–Crippen LogP) is 5.42. The number of hydrogen-bond donors (Lipinski definition) is 2. The molecule has 7 heteroatoms. The molecule has 0 aliphatic carbocycles. The molecule has 3 rings (SSSR count). The summed E-state index contributed by atoms with van der Waals surface area (Å²) < 4.78 is 13.0. The molecule has 0 aliphatic rings. The van der Waals surface area contributed by atoms with Crippen LogP contribution in [0.25, 0.3) is 0 Å². The van der Waals surface area contributed by atoms with Gasteiger partial charge in [-0.25, -0.2) is 4.39 Å². The van der Waals surface area contributed by atoms with E-state index in [1.54, 1.807) is 18.3 Å². The van der Waals surface area contributed by atoms with Crippen LogP contribution in [0.2, 0.25) is 0 Å². The lowest BCUT2D eigenvalue weighted by atomic mass is 10.0. The number of aryl methyl sites for hydroxylation is 1. The van der Waals surface area contributed by atoms with Crippen molar-refractivity contribution in [1.29, 1.82) is 0 Å². The summed E-state index contributed by atoms with van der Waals surface area (Å²) in [4.78, 5) is 26.1. The number of benzene rings is 2. The molecule has 4 nitrogen and oxygen atoms in total. The topological polar surface area (TPSA) is 58.2 Å². The van der Waals surface area contributed by atoms with Crippen molar-refractivity contribution in [2.45, 2.75) is 31.6 Å². The summed E-state index contributed by atoms with van der Waals surface area (Å²) in [6.07, 6.45) is 0.962. The van der Waals surface area contributed by atoms with Crippen LogP contribution in [-0.4, -0.2) is 22.8 Å². The maximum Gasteiger partial charge on any atom is 0.234 e. The van der Waals surface area contributed by atoms with E-state index in [-0.39, 0.29) is 29.4 Å². The summed E-state index contributed by atoms with van der Waals surface area (Å²) in [5.41, 5.74) is 2.80. The fourth-order valence-electron chi connectivity index (χ4n) is 2.99. The summed E-state index contributed by atoms with van der Waals surface area (Å²) >= 11 is 2.86. The number of rotatable bonds is 9. The van der Waals surface area contributed by atoms with Crippen molar-refractivity contribution < 1.29 is 14.0 Å². The summed E-state index contributed by atoms with van der Waals surface area (Å²) in [5.74, 6) is -0.595. The molecule has 0 radical (unpaired) electrons. The quantitative estimate of drug-likeness (QED) is 0.452. The number of thiophene rings is 1.